The summed E-state index contributed by atoms with van der Waals surface area (Å²) in [5, 5.41) is 0.634. The molecule has 122 valence electrons. The van der Waals surface area contributed by atoms with Gasteiger partial charge in [-0.25, -0.2) is 4.98 Å². The number of aromatic nitrogens is 2. The molecule has 5 nitrogen and oxygen atoms in total. The number of hydrogen-bond donors (Lipinski definition) is 1. The number of nitrogens with one attached hydrogen (secondary N) is 1. The first-order chi connectivity index (χ1) is 11.0. The van der Waals surface area contributed by atoms with Crippen LogP contribution in [0.5, 0.6) is 0 Å². The molecule has 2 rings (SSSR count). The van der Waals surface area contributed by atoms with Crippen LogP contribution < -0.4 is 5.56 Å². The molecule has 0 aliphatic rings. The Labute approximate surface area is 140 Å². The fraction of sp³-hybridized carbons (Fsp3) is 0.353. The average Bonchev–Trinajstić information content (AvgIpc) is 2.52. The Balaban J connectivity index is 2.03. The van der Waals surface area contributed by atoms with Crippen molar-refractivity contribution in [3.8, 4) is 0 Å². The van der Waals surface area contributed by atoms with Crippen molar-refractivity contribution in [1.82, 2.24) is 14.9 Å². The summed E-state index contributed by atoms with van der Waals surface area (Å²) < 4.78 is 0. The lowest BCUT2D eigenvalue weighted by Crippen LogP contribution is -2.21. The van der Waals surface area contributed by atoms with Crippen molar-refractivity contribution < 1.29 is 4.79 Å². The summed E-state index contributed by atoms with van der Waals surface area (Å²) in [5.41, 5.74) is 2.46. The molecule has 1 heterocycles. The Kier molecular flexibility index (Phi) is 5.98. The van der Waals surface area contributed by atoms with Crippen LogP contribution in [-0.4, -0.2) is 34.9 Å². The Hall–Kier alpha value is -2.08. The summed E-state index contributed by atoms with van der Waals surface area (Å²) in [7, 11) is 3.47. The van der Waals surface area contributed by atoms with Gasteiger partial charge in [-0.1, -0.05) is 37.2 Å². The molecular formula is C17H21N3O2S. The number of nitrogens with zero attached hydrogens (tertiary/aromatic N) is 2. The number of carbonyl (C=O) groups excluding carboxylic acids is 1. The predicted molar refractivity (Wildman–Crippen MR) is 92.9 cm³/mol. The molecule has 6 heteroatoms. The number of rotatable bonds is 6. The fourth-order valence-corrected chi connectivity index (χ4v) is 2.94. The molecule has 1 aromatic carbocycles. The first-order valence-electron chi connectivity index (χ1n) is 7.53. The van der Waals surface area contributed by atoms with Crippen molar-refractivity contribution in [2.24, 2.45) is 0 Å². The highest BCUT2D eigenvalue weighted by Gasteiger charge is 2.08. The highest BCUT2D eigenvalue weighted by Crippen LogP contribution is 2.19. The largest absolute Gasteiger partial charge is 0.345 e. The van der Waals surface area contributed by atoms with E-state index in [4.69, 9.17) is 0 Å². The number of carbonyl (C=O) groups is 1. The summed E-state index contributed by atoms with van der Waals surface area (Å²) in [6.45, 7) is 2.06. The lowest BCUT2D eigenvalue weighted by Gasteiger charge is -2.10. The van der Waals surface area contributed by atoms with Gasteiger partial charge in [0.25, 0.3) is 11.5 Å². The third-order valence-corrected chi connectivity index (χ3v) is 4.21. The van der Waals surface area contributed by atoms with E-state index in [0.717, 1.165) is 24.1 Å². The molecule has 0 unspecified atom stereocenters. The highest BCUT2D eigenvalue weighted by molar-refractivity contribution is 7.98. The quantitative estimate of drug-likeness (QED) is 0.653. The summed E-state index contributed by atoms with van der Waals surface area (Å²) in [6.07, 6.45) is 1.76. The van der Waals surface area contributed by atoms with Gasteiger partial charge in [-0.05, 0) is 24.1 Å². The van der Waals surface area contributed by atoms with Crippen LogP contribution in [0.4, 0.5) is 0 Å². The van der Waals surface area contributed by atoms with Gasteiger partial charge < -0.3 is 9.88 Å². The maximum atomic E-state index is 11.8. The molecule has 0 saturated carbocycles. The third-order valence-electron chi connectivity index (χ3n) is 3.26. The molecular weight excluding hydrogens is 310 g/mol. The summed E-state index contributed by atoms with van der Waals surface area (Å²) in [6, 6.07) is 9.05. The van der Waals surface area contributed by atoms with Crippen molar-refractivity contribution >= 4 is 17.7 Å². The Morgan fingerprint density at radius 1 is 1.26 bits per heavy atom. The normalized spacial score (nSPS) is 10.6. The Morgan fingerprint density at radius 2 is 1.96 bits per heavy atom. The number of amides is 1. The van der Waals surface area contributed by atoms with E-state index in [-0.39, 0.29) is 11.5 Å². The first-order valence-corrected chi connectivity index (χ1v) is 8.51. The number of aryl methyl sites for hydroxylation is 1. The molecule has 0 fully saturated rings. The van der Waals surface area contributed by atoms with E-state index >= 15 is 0 Å². The van der Waals surface area contributed by atoms with Crippen LogP contribution in [0.3, 0.4) is 0 Å². The van der Waals surface area contributed by atoms with Crippen molar-refractivity contribution in [1.29, 1.82) is 0 Å². The van der Waals surface area contributed by atoms with Crippen LogP contribution in [0.1, 0.15) is 35.0 Å². The molecule has 0 aliphatic carbocycles. The average molecular weight is 331 g/mol. The van der Waals surface area contributed by atoms with E-state index in [0.29, 0.717) is 16.5 Å². The van der Waals surface area contributed by atoms with Gasteiger partial charge in [0.05, 0.1) is 0 Å². The predicted octanol–water partition coefficient (Wildman–Crippen LogP) is 2.72. The number of thioether (sulfide) groups is 1. The number of hydrogen-bond acceptors (Lipinski definition) is 4. The maximum Gasteiger partial charge on any atom is 0.253 e. The lowest BCUT2D eigenvalue weighted by molar-refractivity contribution is 0.0827. The Bertz CT molecular complexity index is 723. The zero-order valence-corrected chi connectivity index (χ0v) is 14.4. The highest BCUT2D eigenvalue weighted by atomic mass is 32.2. The van der Waals surface area contributed by atoms with E-state index in [1.54, 1.807) is 25.1 Å². The summed E-state index contributed by atoms with van der Waals surface area (Å²) in [4.78, 5) is 32.2. The molecule has 0 atom stereocenters. The van der Waals surface area contributed by atoms with E-state index in [9.17, 15) is 9.59 Å². The van der Waals surface area contributed by atoms with Gasteiger partial charge in [-0.3, -0.25) is 9.59 Å². The smallest absolute Gasteiger partial charge is 0.253 e. The monoisotopic (exact) mass is 331 g/mol. The molecule has 1 N–H and O–H groups in total. The SMILES string of the molecule is CCCc1cc(=O)[nH]c(SCc2ccc(C(=O)N(C)C)cc2)n1. The fourth-order valence-electron chi connectivity index (χ4n) is 2.09. The van der Waals surface area contributed by atoms with Crippen molar-refractivity contribution in [2.75, 3.05) is 14.1 Å². The second-order valence-electron chi connectivity index (χ2n) is 5.48. The van der Waals surface area contributed by atoms with Gasteiger partial charge >= 0.3 is 0 Å². The minimum absolute atomic E-state index is 0.0116. The van der Waals surface area contributed by atoms with E-state index in [1.165, 1.54) is 11.8 Å². The maximum absolute atomic E-state index is 11.8. The van der Waals surface area contributed by atoms with Crippen molar-refractivity contribution in [3.63, 3.8) is 0 Å². The van der Waals surface area contributed by atoms with Gasteiger partial charge in [-0.2, -0.15) is 0 Å². The lowest BCUT2D eigenvalue weighted by atomic mass is 10.1. The van der Waals surface area contributed by atoms with Crippen LogP contribution in [-0.2, 0) is 12.2 Å². The van der Waals surface area contributed by atoms with Crippen LogP contribution in [0.2, 0.25) is 0 Å². The molecule has 0 radical (unpaired) electrons. The third kappa shape index (κ3) is 4.96. The van der Waals surface area contributed by atoms with Gasteiger partial charge in [0, 0.05) is 37.2 Å². The zero-order valence-electron chi connectivity index (χ0n) is 13.6. The number of aromatic amines is 1. The van der Waals surface area contributed by atoms with Crippen LogP contribution >= 0.6 is 11.8 Å². The molecule has 2 aromatic rings. The molecule has 0 bridgehead atoms. The first kappa shape index (κ1) is 17.3. The van der Waals surface area contributed by atoms with Gasteiger partial charge in [-0.15, -0.1) is 0 Å². The second-order valence-corrected chi connectivity index (χ2v) is 6.44. The minimum atomic E-state index is -0.113. The van der Waals surface area contributed by atoms with Crippen LogP contribution in [0, 0.1) is 0 Å². The topological polar surface area (TPSA) is 66.1 Å². The van der Waals surface area contributed by atoms with Crippen molar-refractivity contribution in [3.05, 3.63) is 57.5 Å². The zero-order chi connectivity index (χ0) is 16.8. The van der Waals surface area contributed by atoms with Gasteiger partial charge in [0.1, 0.15) is 0 Å². The van der Waals surface area contributed by atoms with Gasteiger partial charge in [0.2, 0.25) is 0 Å². The standard InChI is InChI=1S/C17H21N3O2S/c1-4-5-14-10-15(21)19-17(18-14)23-11-12-6-8-13(9-7-12)16(22)20(2)3/h6-10H,4-5,11H2,1-3H3,(H,18,19,21). The second kappa shape index (κ2) is 7.97. The van der Waals surface area contributed by atoms with Crippen LogP contribution in [0.15, 0.2) is 40.3 Å². The van der Waals surface area contributed by atoms with Gasteiger partial charge in [0.15, 0.2) is 5.16 Å². The minimum Gasteiger partial charge on any atom is -0.345 e. The molecule has 0 saturated heterocycles. The number of H-pyrrole nitrogens is 1. The van der Waals surface area contributed by atoms with E-state index < -0.39 is 0 Å². The number of benzene rings is 1. The summed E-state index contributed by atoms with van der Waals surface area (Å²) >= 11 is 1.49. The molecule has 1 amide bonds. The van der Waals surface area contributed by atoms with E-state index in [1.807, 2.05) is 24.3 Å². The van der Waals surface area contributed by atoms with Crippen LogP contribution in [0.25, 0.3) is 0 Å². The molecule has 23 heavy (non-hydrogen) atoms. The summed E-state index contributed by atoms with van der Waals surface area (Å²) in [5.74, 6) is 0.678. The molecule has 1 aromatic heterocycles. The molecule has 0 spiro atoms. The van der Waals surface area contributed by atoms with Crippen molar-refractivity contribution in [2.45, 2.75) is 30.7 Å². The van der Waals surface area contributed by atoms with E-state index in [2.05, 4.69) is 16.9 Å². The molecule has 0 aliphatic heterocycles. The Morgan fingerprint density at radius 3 is 2.57 bits per heavy atom.